The second-order valence-electron chi connectivity index (χ2n) is 2.47. The Morgan fingerprint density at radius 2 is 2.00 bits per heavy atom. The Hall–Kier alpha value is -1.33. The molecular weight excluding hydrogens is 153 g/mol. The van der Waals surface area contributed by atoms with Gasteiger partial charge in [0.25, 0.3) is 0 Å². The maximum atomic E-state index is 12.9. The minimum atomic E-state index is -1.09. The van der Waals surface area contributed by atoms with Gasteiger partial charge in [0.1, 0.15) is 6.17 Å². The largest absolute Gasteiger partial charge is 0.327 e. The summed E-state index contributed by atoms with van der Waals surface area (Å²) in [5, 5.41) is 0. The molecule has 0 fully saturated rings. The van der Waals surface area contributed by atoms with Crippen LogP contribution in [0, 0.1) is 12.3 Å². The Morgan fingerprint density at radius 1 is 1.42 bits per heavy atom. The molecule has 0 radical (unpaired) electrons. The van der Waals surface area contributed by atoms with Gasteiger partial charge in [-0.3, -0.25) is 0 Å². The molecule has 1 rings (SSSR count). The van der Waals surface area contributed by atoms with Gasteiger partial charge in [-0.2, -0.15) is 0 Å². The van der Waals surface area contributed by atoms with Crippen LogP contribution in [-0.2, 0) is 0 Å². The summed E-state index contributed by atoms with van der Waals surface area (Å²) in [6.45, 7) is 0.00933. The second-order valence-corrected chi connectivity index (χ2v) is 2.47. The van der Waals surface area contributed by atoms with Gasteiger partial charge in [0.15, 0.2) is 0 Å². The van der Waals surface area contributed by atoms with Gasteiger partial charge in [0, 0.05) is 12.1 Å². The monoisotopic (exact) mass is 163 g/mol. The molecule has 12 heavy (non-hydrogen) atoms. The van der Waals surface area contributed by atoms with Crippen molar-refractivity contribution < 1.29 is 4.39 Å². The van der Waals surface area contributed by atoms with Crippen molar-refractivity contribution in [3.8, 4) is 12.3 Å². The SMILES string of the molecule is C#Cc1ccc(C(F)CN)cc1. The lowest BCUT2D eigenvalue weighted by atomic mass is 10.1. The lowest BCUT2D eigenvalue weighted by Gasteiger charge is -2.04. The number of terminal acetylenes is 1. The summed E-state index contributed by atoms with van der Waals surface area (Å²) in [4.78, 5) is 0. The third-order valence-electron chi connectivity index (χ3n) is 1.65. The molecule has 0 aromatic heterocycles. The van der Waals surface area contributed by atoms with Crippen molar-refractivity contribution in [2.45, 2.75) is 6.17 Å². The fourth-order valence-electron chi connectivity index (χ4n) is 0.924. The highest BCUT2D eigenvalue weighted by molar-refractivity contribution is 5.34. The van der Waals surface area contributed by atoms with E-state index in [9.17, 15) is 4.39 Å². The van der Waals surface area contributed by atoms with Gasteiger partial charge in [0.2, 0.25) is 0 Å². The van der Waals surface area contributed by atoms with Crippen molar-refractivity contribution >= 4 is 0 Å². The van der Waals surface area contributed by atoms with Crippen molar-refractivity contribution in [3.05, 3.63) is 35.4 Å². The zero-order chi connectivity index (χ0) is 8.97. The van der Waals surface area contributed by atoms with E-state index in [-0.39, 0.29) is 6.54 Å². The van der Waals surface area contributed by atoms with Crippen molar-refractivity contribution in [3.63, 3.8) is 0 Å². The number of alkyl halides is 1. The minimum Gasteiger partial charge on any atom is -0.327 e. The molecule has 0 amide bonds. The standard InChI is InChI=1S/C10H10FN/c1-2-8-3-5-9(6-4-8)10(11)7-12/h1,3-6,10H,7,12H2. The van der Waals surface area contributed by atoms with Crippen LogP contribution in [0.25, 0.3) is 0 Å². The van der Waals surface area contributed by atoms with E-state index in [4.69, 9.17) is 12.2 Å². The predicted molar refractivity (Wildman–Crippen MR) is 47.3 cm³/mol. The average Bonchev–Trinajstić information content (AvgIpc) is 2.17. The highest BCUT2D eigenvalue weighted by Gasteiger charge is 2.05. The molecular formula is C10H10FN. The molecule has 0 aliphatic rings. The molecule has 1 unspecified atom stereocenters. The van der Waals surface area contributed by atoms with Crippen LogP contribution < -0.4 is 5.73 Å². The fraction of sp³-hybridized carbons (Fsp3) is 0.200. The van der Waals surface area contributed by atoms with E-state index in [2.05, 4.69) is 5.92 Å². The van der Waals surface area contributed by atoms with Crippen LogP contribution in [0.1, 0.15) is 17.3 Å². The summed E-state index contributed by atoms with van der Waals surface area (Å²) in [5.41, 5.74) is 6.49. The maximum absolute atomic E-state index is 12.9. The fourth-order valence-corrected chi connectivity index (χ4v) is 0.924. The van der Waals surface area contributed by atoms with Crippen LogP contribution in [0.4, 0.5) is 4.39 Å². The van der Waals surface area contributed by atoms with Crippen LogP contribution in [0.2, 0.25) is 0 Å². The first kappa shape index (κ1) is 8.76. The first-order valence-electron chi connectivity index (χ1n) is 3.68. The molecule has 0 saturated carbocycles. The molecule has 0 saturated heterocycles. The number of benzene rings is 1. The topological polar surface area (TPSA) is 26.0 Å². The quantitative estimate of drug-likeness (QED) is 0.659. The van der Waals surface area contributed by atoms with Gasteiger partial charge in [-0.05, 0) is 17.7 Å². The van der Waals surface area contributed by atoms with Gasteiger partial charge in [-0.1, -0.05) is 18.1 Å². The summed E-state index contributed by atoms with van der Waals surface area (Å²) in [6.07, 6.45) is 4.05. The number of rotatable bonds is 2. The molecule has 1 aromatic rings. The summed E-state index contributed by atoms with van der Waals surface area (Å²) in [6, 6.07) is 6.73. The van der Waals surface area contributed by atoms with E-state index in [1.807, 2.05) is 0 Å². The maximum Gasteiger partial charge on any atom is 0.137 e. The molecule has 1 aromatic carbocycles. The Balaban J connectivity index is 2.86. The lowest BCUT2D eigenvalue weighted by Crippen LogP contribution is -2.07. The van der Waals surface area contributed by atoms with Crippen LogP contribution >= 0.6 is 0 Å². The second kappa shape index (κ2) is 3.89. The van der Waals surface area contributed by atoms with Crippen LogP contribution in [0.15, 0.2) is 24.3 Å². The summed E-state index contributed by atoms with van der Waals surface area (Å²) in [7, 11) is 0. The van der Waals surface area contributed by atoms with Gasteiger partial charge in [0.05, 0.1) is 0 Å². The zero-order valence-corrected chi connectivity index (χ0v) is 6.63. The normalized spacial score (nSPS) is 12.1. The summed E-state index contributed by atoms with van der Waals surface area (Å²) in [5.74, 6) is 2.46. The first-order valence-corrected chi connectivity index (χ1v) is 3.68. The predicted octanol–water partition coefficient (Wildman–Crippen LogP) is 1.64. The van der Waals surface area contributed by atoms with Crippen molar-refractivity contribution in [2.75, 3.05) is 6.54 Å². The van der Waals surface area contributed by atoms with Crippen molar-refractivity contribution in [2.24, 2.45) is 5.73 Å². The molecule has 0 bridgehead atoms. The number of nitrogens with two attached hydrogens (primary N) is 1. The molecule has 2 heteroatoms. The van der Waals surface area contributed by atoms with Gasteiger partial charge in [-0.15, -0.1) is 6.42 Å². The highest BCUT2D eigenvalue weighted by atomic mass is 19.1. The van der Waals surface area contributed by atoms with E-state index in [0.29, 0.717) is 5.56 Å². The number of hydrogen-bond acceptors (Lipinski definition) is 1. The van der Waals surface area contributed by atoms with Crippen molar-refractivity contribution in [1.82, 2.24) is 0 Å². The molecule has 2 N–H and O–H groups in total. The number of hydrogen-bond donors (Lipinski definition) is 1. The van der Waals surface area contributed by atoms with Gasteiger partial charge in [-0.25, -0.2) is 4.39 Å². The molecule has 0 aliphatic carbocycles. The average molecular weight is 163 g/mol. The Labute approximate surface area is 71.4 Å². The third-order valence-corrected chi connectivity index (χ3v) is 1.65. The molecule has 1 atom stereocenters. The third kappa shape index (κ3) is 1.84. The molecule has 0 heterocycles. The molecule has 1 nitrogen and oxygen atoms in total. The molecule has 0 spiro atoms. The van der Waals surface area contributed by atoms with Crippen LogP contribution in [0.3, 0.4) is 0 Å². The van der Waals surface area contributed by atoms with Gasteiger partial charge >= 0.3 is 0 Å². The minimum absolute atomic E-state index is 0.00933. The van der Waals surface area contributed by atoms with E-state index in [0.717, 1.165) is 5.56 Å². The van der Waals surface area contributed by atoms with Crippen molar-refractivity contribution in [1.29, 1.82) is 0 Å². The van der Waals surface area contributed by atoms with E-state index >= 15 is 0 Å². The highest BCUT2D eigenvalue weighted by Crippen LogP contribution is 2.15. The zero-order valence-electron chi connectivity index (χ0n) is 6.63. The van der Waals surface area contributed by atoms with Crippen LogP contribution in [0.5, 0.6) is 0 Å². The van der Waals surface area contributed by atoms with E-state index in [1.54, 1.807) is 24.3 Å². The summed E-state index contributed by atoms with van der Waals surface area (Å²) < 4.78 is 12.9. The number of halogens is 1. The van der Waals surface area contributed by atoms with E-state index < -0.39 is 6.17 Å². The first-order chi connectivity index (χ1) is 5.77. The van der Waals surface area contributed by atoms with Crippen LogP contribution in [-0.4, -0.2) is 6.54 Å². The molecule has 62 valence electrons. The van der Waals surface area contributed by atoms with Gasteiger partial charge < -0.3 is 5.73 Å². The summed E-state index contributed by atoms with van der Waals surface area (Å²) >= 11 is 0. The van der Waals surface area contributed by atoms with E-state index in [1.165, 1.54) is 0 Å². The Morgan fingerprint density at radius 3 is 2.42 bits per heavy atom. The smallest absolute Gasteiger partial charge is 0.137 e. The lowest BCUT2D eigenvalue weighted by molar-refractivity contribution is 0.353. The molecule has 0 aliphatic heterocycles. The Bertz CT molecular complexity index is 284. The Kier molecular flexibility index (Phi) is 2.84.